The van der Waals surface area contributed by atoms with Crippen LogP contribution in [-0.4, -0.2) is 21.8 Å². The zero-order valence-electron chi connectivity index (χ0n) is 22.7. The van der Waals surface area contributed by atoms with Crippen molar-refractivity contribution in [2.24, 2.45) is 5.92 Å². The highest BCUT2D eigenvalue weighted by Crippen LogP contribution is 2.65. The fourth-order valence-electron chi connectivity index (χ4n) is 5.11. The Morgan fingerprint density at radius 1 is 0.773 bits per heavy atom. The fraction of sp³-hybridized carbons (Fsp3) is 0.182. The Labute approximate surface area is 277 Å². The SMILES string of the molecule is O=C(Cc1ccccc1)Cc1c(F)ccc(CC(=O)c2cc(NC(=O)[C@H]3[C@H](c4ccc(Cl)c(Cl)c4)C3(Cl)Cl)ccc2Cl)c1F. The molecule has 0 spiro atoms. The van der Waals surface area contributed by atoms with Crippen molar-refractivity contribution in [2.75, 3.05) is 5.32 Å². The number of carbonyl (C=O) groups is 3. The van der Waals surface area contributed by atoms with E-state index in [1.54, 1.807) is 48.5 Å². The van der Waals surface area contributed by atoms with Crippen LogP contribution in [0.3, 0.4) is 0 Å². The number of carbonyl (C=O) groups excluding carboxylic acids is 3. The number of rotatable bonds is 10. The first-order chi connectivity index (χ1) is 20.9. The van der Waals surface area contributed by atoms with Gasteiger partial charge < -0.3 is 5.32 Å². The average Bonchev–Trinajstić information content (AvgIpc) is 3.57. The van der Waals surface area contributed by atoms with Gasteiger partial charge in [-0.3, -0.25) is 14.4 Å². The van der Waals surface area contributed by atoms with Crippen LogP contribution in [0.15, 0.2) is 78.9 Å². The van der Waals surface area contributed by atoms with E-state index in [1.807, 2.05) is 0 Å². The molecule has 44 heavy (non-hydrogen) atoms. The van der Waals surface area contributed by atoms with Gasteiger partial charge in [-0.15, -0.1) is 23.2 Å². The summed E-state index contributed by atoms with van der Waals surface area (Å²) in [6.07, 6.45) is -0.915. The quantitative estimate of drug-likeness (QED) is 0.133. The fourth-order valence-corrected chi connectivity index (χ4v) is 6.46. The van der Waals surface area contributed by atoms with Gasteiger partial charge in [0.15, 0.2) is 5.78 Å². The second kappa shape index (κ2) is 13.2. The largest absolute Gasteiger partial charge is 0.326 e. The zero-order valence-corrected chi connectivity index (χ0v) is 26.4. The molecule has 0 unspecified atom stereocenters. The molecule has 0 radical (unpaired) electrons. The summed E-state index contributed by atoms with van der Waals surface area (Å²) in [5.41, 5.74) is 1.10. The van der Waals surface area contributed by atoms with E-state index in [1.165, 1.54) is 18.2 Å². The molecule has 4 aromatic rings. The summed E-state index contributed by atoms with van der Waals surface area (Å²) in [6.45, 7) is 0. The van der Waals surface area contributed by atoms with Gasteiger partial charge in [-0.1, -0.05) is 77.3 Å². The molecule has 0 saturated heterocycles. The Morgan fingerprint density at radius 3 is 2.18 bits per heavy atom. The summed E-state index contributed by atoms with van der Waals surface area (Å²) in [4.78, 5) is 38.9. The molecule has 5 rings (SSSR count). The standard InChI is InChI=1S/C33H22Cl5F2NO3/c34-24-10-8-20(41-32(44)30-29(33(30,37)38)18-6-9-25(35)26(36)13-18)15-22(24)28(43)14-19-7-11-27(39)23(31(19)40)16-21(42)12-17-4-2-1-3-5-17/h1-11,13,15,29-30H,12,14,16H2,(H,41,44)/t29-,30+/m0/s1. The van der Waals surface area contributed by atoms with Gasteiger partial charge in [0, 0.05) is 42.0 Å². The number of hydrogen-bond donors (Lipinski definition) is 1. The minimum absolute atomic E-state index is 0.00901. The van der Waals surface area contributed by atoms with Crippen LogP contribution in [-0.2, 0) is 28.9 Å². The van der Waals surface area contributed by atoms with E-state index in [-0.39, 0.29) is 34.0 Å². The summed E-state index contributed by atoms with van der Waals surface area (Å²) in [5, 5.41) is 3.41. The van der Waals surface area contributed by atoms with Crippen molar-refractivity contribution < 1.29 is 23.2 Å². The Hall–Kier alpha value is -3.00. The van der Waals surface area contributed by atoms with Gasteiger partial charge in [0.1, 0.15) is 21.8 Å². The summed E-state index contributed by atoms with van der Waals surface area (Å²) < 4.78 is 28.5. The number of Topliss-reactive ketones (excluding diaryl/α,β-unsaturated/α-hetero) is 2. The van der Waals surface area contributed by atoms with Crippen molar-refractivity contribution in [1.82, 2.24) is 0 Å². The van der Waals surface area contributed by atoms with Crippen LogP contribution in [0.2, 0.25) is 15.1 Å². The van der Waals surface area contributed by atoms with E-state index in [4.69, 9.17) is 58.0 Å². The van der Waals surface area contributed by atoms with E-state index >= 15 is 4.39 Å². The highest BCUT2D eigenvalue weighted by atomic mass is 35.5. The molecule has 0 bridgehead atoms. The molecule has 1 saturated carbocycles. The van der Waals surface area contributed by atoms with E-state index in [0.717, 1.165) is 17.7 Å². The van der Waals surface area contributed by atoms with Crippen LogP contribution >= 0.6 is 58.0 Å². The lowest BCUT2D eigenvalue weighted by atomic mass is 9.96. The minimum Gasteiger partial charge on any atom is -0.326 e. The Kier molecular flexibility index (Phi) is 9.69. The first kappa shape index (κ1) is 32.4. The molecule has 4 nitrogen and oxygen atoms in total. The second-order valence-corrected chi connectivity index (χ2v) is 13.1. The Morgan fingerprint density at radius 2 is 1.48 bits per heavy atom. The van der Waals surface area contributed by atoms with Gasteiger partial charge in [0.2, 0.25) is 5.91 Å². The summed E-state index contributed by atoms with van der Waals surface area (Å²) in [5.74, 6) is -4.68. The highest BCUT2D eigenvalue weighted by Gasteiger charge is 2.67. The lowest BCUT2D eigenvalue weighted by Gasteiger charge is -2.11. The molecule has 2 atom stereocenters. The van der Waals surface area contributed by atoms with Crippen LogP contribution in [0.4, 0.5) is 14.5 Å². The molecule has 226 valence electrons. The predicted octanol–water partition coefficient (Wildman–Crippen LogP) is 9.23. The van der Waals surface area contributed by atoms with Gasteiger partial charge in [-0.25, -0.2) is 8.78 Å². The van der Waals surface area contributed by atoms with Crippen LogP contribution in [0.5, 0.6) is 0 Å². The molecule has 1 N–H and O–H groups in total. The molecule has 1 aliphatic rings. The normalized spacial score (nSPS) is 16.8. The smallest absolute Gasteiger partial charge is 0.231 e. The van der Waals surface area contributed by atoms with Crippen molar-refractivity contribution in [3.8, 4) is 0 Å². The molecule has 11 heteroatoms. The van der Waals surface area contributed by atoms with Crippen molar-refractivity contribution in [2.45, 2.75) is 29.5 Å². The van der Waals surface area contributed by atoms with Crippen molar-refractivity contribution in [3.05, 3.63) is 133 Å². The van der Waals surface area contributed by atoms with Gasteiger partial charge >= 0.3 is 0 Å². The molecule has 1 fully saturated rings. The zero-order chi connectivity index (χ0) is 31.8. The Balaban J connectivity index is 1.29. The maximum Gasteiger partial charge on any atom is 0.231 e. The third kappa shape index (κ3) is 6.95. The number of benzene rings is 4. The third-order valence-corrected chi connectivity index (χ3v) is 9.42. The van der Waals surface area contributed by atoms with Crippen LogP contribution < -0.4 is 5.32 Å². The van der Waals surface area contributed by atoms with Crippen molar-refractivity contribution in [3.63, 3.8) is 0 Å². The van der Waals surface area contributed by atoms with E-state index in [0.29, 0.717) is 15.6 Å². The van der Waals surface area contributed by atoms with Crippen LogP contribution in [0, 0.1) is 17.6 Å². The lowest BCUT2D eigenvalue weighted by Crippen LogP contribution is -2.17. The first-order valence-electron chi connectivity index (χ1n) is 13.3. The van der Waals surface area contributed by atoms with Gasteiger partial charge in [0.25, 0.3) is 0 Å². The van der Waals surface area contributed by atoms with Crippen molar-refractivity contribution in [1.29, 1.82) is 0 Å². The predicted molar refractivity (Wildman–Crippen MR) is 170 cm³/mol. The number of amides is 1. The van der Waals surface area contributed by atoms with Gasteiger partial charge in [0.05, 0.1) is 21.0 Å². The molecular weight excluding hydrogens is 674 g/mol. The third-order valence-electron chi connectivity index (χ3n) is 7.41. The molecule has 0 heterocycles. The number of alkyl halides is 2. The van der Waals surface area contributed by atoms with Gasteiger partial charge in [-0.2, -0.15) is 0 Å². The van der Waals surface area contributed by atoms with E-state index in [9.17, 15) is 18.8 Å². The lowest BCUT2D eigenvalue weighted by molar-refractivity contribution is -0.118. The minimum atomic E-state index is -1.40. The molecule has 0 aliphatic heterocycles. The maximum absolute atomic E-state index is 15.4. The molecule has 1 aliphatic carbocycles. The summed E-state index contributed by atoms with van der Waals surface area (Å²) >= 11 is 31.3. The van der Waals surface area contributed by atoms with Crippen LogP contribution in [0.1, 0.15) is 38.5 Å². The average molecular weight is 696 g/mol. The molecular formula is C33H22Cl5F2NO3. The molecule has 0 aromatic heterocycles. The number of nitrogens with one attached hydrogen (secondary N) is 1. The van der Waals surface area contributed by atoms with Crippen LogP contribution in [0.25, 0.3) is 0 Å². The Bertz CT molecular complexity index is 1780. The van der Waals surface area contributed by atoms with E-state index < -0.39 is 57.9 Å². The summed E-state index contributed by atoms with van der Waals surface area (Å²) in [7, 11) is 0. The van der Waals surface area contributed by atoms with Crippen molar-refractivity contribution >= 4 is 81.2 Å². The number of halogens is 7. The highest BCUT2D eigenvalue weighted by molar-refractivity contribution is 6.53. The molecule has 4 aromatic carbocycles. The topological polar surface area (TPSA) is 63.2 Å². The van der Waals surface area contributed by atoms with Gasteiger partial charge in [-0.05, 0) is 53.1 Å². The molecule has 1 amide bonds. The number of hydrogen-bond acceptors (Lipinski definition) is 3. The monoisotopic (exact) mass is 693 g/mol. The number of anilines is 1. The van der Waals surface area contributed by atoms with E-state index in [2.05, 4.69) is 5.32 Å². The number of ketones is 2. The summed E-state index contributed by atoms with van der Waals surface area (Å²) in [6, 6.07) is 20.2. The second-order valence-electron chi connectivity index (χ2n) is 10.5. The maximum atomic E-state index is 15.4. The first-order valence-corrected chi connectivity index (χ1v) is 15.2.